The number of benzene rings is 1. The van der Waals surface area contributed by atoms with Gasteiger partial charge in [0.05, 0.1) is 12.0 Å². The molecule has 0 bridgehead atoms. The van der Waals surface area contributed by atoms with Crippen LogP contribution in [0.2, 0.25) is 0 Å². The summed E-state index contributed by atoms with van der Waals surface area (Å²) in [6.45, 7) is 0. The van der Waals surface area contributed by atoms with Crippen LogP contribution in [-0.4, -0.2) is 36.6 Å². The fourth-order valence-corrected chi connectivity index (χ4v) is 2.97. The molecule has 2 N–H and O–H groups in total. The van der Waals surface area contributed by atoms with Crippen molar-refractivity contribution < 1.29 is 19.4 Å². The number of hydrogen-bond donors (Lipinski definition) is 2. The number of likely N-dealkylation sites (N-methyl/N-ethyl adjacent to an activating group) is 1. The van der Waals surface area contributed by atoms with Gasteiger partial charge in [-0.25, -0.2) is 4.79 Å². The van der Waals surface area contributed by atoms with Crippen LogP contribution >= 0.6 is 11.3 Å². The van der Waals surface area contributed by atoms with E-state index in [4.69, 9.17) is 4.74 Å². The van der Waals surface area contributed by atoms with Crippen LogP contribution in [0.3, 0.4) is 0 Å². The Morgan fingerprint density at radius 3 is 2.41 bits per heavy atom. The fraction of sp³-hybridized carbons (Fsp3) is 0.250. The van der Waals surface area contributed by atoms with Crippen LogP contribution < -0.4 is 10.1 Å². The molecule has 1 unspecified atom stereocenters. The lowest BCUT2D eigenvalue weighted by molar-refractivity contribution is -0.142. The van der Waals surface area contributed by atoms with Crippen LogP contribution in [0.25, 0.3) is 0 Å². The number of hydrogen-bond acceptors (Lipinski definition) is 5. The van der Waals surface area contributed by atoms with Gasteiger partial charge in [0.1, 0.15) is 5.75 Å². The molecule has 1 heterocycles. The maximum Gasteiger partial charge on any atom is 0.332 e. The van der Waals surface area contributed by atoms with Crippen LogP contribution in [0.1, 0.15) is 15.2 Å². The van der Waals surface area contributed by atoms with Gasteiger partial charge in [0.25, 0.3) is 0 Å². The molecule has 0 aliphatic carbocycles. The van der Waals surface area contributed by atoms with Crippen molar-refractivity contribution in [1.29, 1.82) is 0 Å². The van der Waals surface area contributed by atoms with E-state index in [1.807, 2.05) is 0 Å². The van der Waals surface area contributed by atoms with Crippen LogP contribution in [-0.2, 0) is 11.2 Å². The van der Waals surface area contributed by atoms with Crippen molar-refractivity contribution >= 4 is 23.1 Å². The van der Waals surface area contributed by atoms with Crippen molar-refractivity contribution in [3.05, 3.63) is 52.2 Å². The van der Waals surface area contributed by atoms with Crippen LogP contribution in [0, 0.1) is 0 Å². The maximum absolute atomic E-state index is 12.7. The summed E-state index contributed by atoms with van der Waals surface area (Å²) in [7, 11) is 3.05. The number of ether oxygens (including phenoxy) is 1. The molecule has 0 aliphatic heterocycles. The largest absolute Gasteiger partial charge is 0.497 e. The number of aliphatic carboxylic acids is 1. The van der Waals surface area contributed by atoms with Gasteiger partial charge in [-0.05, 0) is 36.2 Å². The van der Waals surface area contributed by atoms with Crippen molar-refractivity contribution in [2.75, 3.05) is 14.2 Å². The summed E-state index contributed by atoms with van der Waals surface area (Å²) in [5.74, 6) is -0.948. The minimum absolute atomic E-state index is 0.0551. The molecule has 22 heavy (non-hydrogen) atoms. The summed E-state index contributed by atoms with van der Waals surface area (Å²) >= 11 is 1.23. The minimum atomic E-state index is -1.68. The summed E-state index contributed by atoms with van der Waals surface area (Å²) < 4.78 is 5.08. The molecule has 1 aromatic heterocycles. The van der Waals surface area contributed by atoms with Crippen molar-refractivity contribution in [1.82, 2.24) is 5.32 Å². The second-order valence-electron chi connectivity index (χ2n) is 4.79. The first kappa shape index (κ1) is 16.2. The van der Waals surface area contributed by atoms with Gasteiger partial charge in [-0.2, -0.15) is 0 Å². The monoisotopic (exact) mass is 319 g/mol. The van der Waals surface area contributed by atoms with Crippen LogP contribution in [0.5, 0.6) is 5.75 Å². The molecule has 0 amide bonds. The topological polar surface area (TPSA) is 75.6 Å². The Morgan fingerprint density at radius 2 is 1.95 bits per heavy atom. The minimum Gasteiger partial charge on any atom is -0.497 e. The number of ketones is 1. The summed E-state index contributed by atoms with van der Waals surface area (Å²) in [6, 6.07) is 10.4. The highest BCUT2D eigenvalue weighted by Gasteiger charge is 2.45. The quantitative estimate of drug-likeness (QED) is 0.604. The number of Topliss-reactive ketones (excluding diaryl/α,β-unsaturated/α-hetero) is 1. The molecule has 1 aromatic carbocycles. The molecule has 2 rings (SSSR count). The highest BCUT2D eigenvalue weighted by Crippen LogP contribution is 2.23. The first-order chi connectivity index (χ1) is 10.5. The fourth-order valence-electron chi connectivity index (χ4n) is 2.23. The molecule has 5 nitrogen and oxygen atoms in total. The summed E-state index contributed by atoms with van der Waals surface area (Å²) in [4.78, 5) is 24.9. The smallest absolute Gasteiger partial charge is 0.332 e. The van der Waals surface area contributed by atoms with Crippen LogP contribution in [0.4, 0.5) is 0 Å². The van der Waals surface area contributed by atoms with Gasteiger partial charge in [-0.15, -0.1) is 11.3 Å². The zero-order chi connectivity index (χ0) is 16.2. The highest BCUT2D eigenvalue weighted by molar-refractivity contribution is 7.12. The first-order valence-electron chi connectivity index (χ1n) is 6.67. The van der Waals surface area contributed by atoms with E-state index in [-0.39, 0.29) is 6.42 Å². The standard InChI is InChI=1S/C16H17NO4S/c1-17-16(15(19)20,14(18)13-4-3-9-22-13)10-11-5-7-12(21-2)8-6-11/h3-9,17H,10H2,1-2H3,(H,19,20). The third-order valence-corrected chi connectivity index (χ3v) is 4.42. The van der Waals surface area contributed by atoms with E-state index in [1.165, 1.54) is 18.4 Å². The van der Waals surface area contributed by atoms with E-state index >= 15 is 0 Å². The molecule has 0 saturated heterocycles. The van der Waals surface area contributed by atoms with Gasteiger partial charge in [0, 0.05) is 6.42 Å². The van der Waals surface area contributed by atoms with Gasteiger partial charge in [0.2, 0.25) is 5.78 Å². The molecule has 0 aliphatic rings. The first-order valence-corrected chi connectivity index (χ1v) is 7.55. The summed E-state index contributed by atoms with van der Waals surface area (Å²) in [5, 5.41) is 14.1. The third-order valence-electron chi connectivity index (χ3n) is 3.55. The SMILES string of the molecule is CNC(Cc1ccc(OC)cc1)(C(=O)O)C(=O)c1cccs1. The number of nitrogens with one attached hydrogen (secondary N) is 1. The normalized spacial score (nSPS) is 13.4. The van der Waals surface area contributed by atoms with Gasteiger partial charge < -0.3 is 9.84 Å². The summed E-state index contributed by atoms with van der Waals surface area (Å²) in [5.41, 5.74) is -0.943. The second-order valence-corrected chi connectivity index (χ2v) is 5.74. The Labute approximate surface area is 132 Å². The molecule has 6 heteroatoms. The van der Waals surface area contributed by atoms with Gasteiger partial charge in [0.15, 0.2) is 5.54 Å². The maximum atomic E-state index is 12.7. The number of carbonyl (C=O) groups excluding carboxylic acids is 1. The number of carbonyl (C=O) groups is 2. The zero-order valence-electron chi connectivity index (χ0n) is 12.3. The molecule has 0 radical (unpaired) electrons. The Balaban J connectivity index is 2.36. The Hall–Kier alpha value is -2.18. The molecule has 0 spiro atoms. The number of rotatable bonds is 7. The lowest BCUT2D eigenvalue weighted by Gasteiger charge is -2.27. The molecule has 2 aromatic rings. The predicted molar refractivity (Wildman–Crippen MR) is 84.8 cm³/mol. The molecular weight excluding hydrogens is 302 g/mol. The lowest BCUT2D eigenvalue weighted by Crippen LogP contribution is -2.58. The van der Waals surface area contributed by atoms with E-state index in [0.29, 0.717) is 10.6 Å². The second kappa shape index (κ2) is 6.72. The van der Waals surface area contributed by atoms with E-state index < -0.39 is 17.3 Å². The van der Waals surface area contributed by atoms with Gasteiger partial charge in [-0.1, -0.05) is 18.2 Å². The van der Waals surface area contributed by atoms with Crippen molar-refractivity contribution in [3.8, 4) is 5.75 Å². The highest BCUT2D eigenvalue weighted by atomic mass is 32.1. The van der Waals surface area contributed by atoms with E-state index in [1.54, 1.807) is 48.9 Å². The van der Waals surface area contributed by atoms with Crippen molar-refractivity contribution in [2.45, 2.75) is 12.0 Å². The average Bonchev–Trinajstić information content (AvgIpc) is 3.06. The number of carboxylic acid groups (broad SMARTS) is 1. The number of carboxylic acids is 1. The van der Waals surface area contributed by atoms with Crippen molar-refractivity contribution in [2.24, 2.45) is 0 Å². The Morgan fingerprint density at radius 1 is 1.27 bits per heavy atom. The molecule has 0 saturated carbocycles. The third kappa shape index (κ3) is 3.03. The van der Waals surface area contributed by atoms with Crippen molar-refractivity contribution in [3.63, 3.8) is 0 Å². The van der Waals surface area contributed by atoms with E-state index in [9.17, 15) is 14.7 Å². The molecule has 116 valence electrons. The lowest BCUT2D eigenvalue weighted by atomic mass is 9.86. The van der Waals surface area contributed by atoms with E-state index in [2.05, 4.69) is 5.32 Å². The van der Waals surface area contributed by atoms with Crippen LogP contribution in [0.15, 0.2) is 41.8 Å². The van der Waals surface area contributed by atoms with Gasteiger partial charge >= 0.3 is 5.97 Å². The predicted octanol–water partition coefficient (Wildman–Crippen LogP) is 2.22. The molecule has 0 fully saturated rings. The number of thiophene rings is 1. The van der Waals surface area contributed by atoms with Gasteiger partial charge in [-0.3, -0.25) is 10.1 Å². The number of methoxy groups -OCH3 is 1. The Bertz CT molecular complexity index is 651. The molecule has 1 atom stereocenters. The Kier molecular flexibility index (Phi) is 4.95. The zero-order valence-corrected chi connectivity index (χ0v) is 13.1. The average molecular weight is 319 g/mol. The molecular formula is C16H17NO4S. The summed E-state index contributed by atoms with van der Waals surface area (Å²) in [6.07, 6.45) is 0.0551. The van der Waals surface area contributed by atoms with E-state index in [0.717, 1.165) is 5.56 Å².